The molecule has 0 fully saturated rings. The summed E-state index contributed by atoms with van der Waals surface area (Å²) in [6, 6.07) is 12.8. The maximum Gasteiger partial charge on any atom is 0.239 e. The van der Waals surface area contributed by atoms with Crippen molar-refractivity contribution in [2.45, 2.75) is 20.4 Å². The van der Waals surface area contributed by atoms with Crippen LogP contribution in [0, 0.1) is 19.7 Å². The number of hydrogen-bond donors (Lipinski definition) is 2. The number of hydrogen-bond acceptors (Lipinski definition) is 2. The highest BCUT2D eigenvalue weighted by Gasteiger charge is 2.03. The normalized spacial score (nSPS) is 10.2. The van der Waals surface area contributed by atoms with Crippen LogP contribution in [0.5, 0.6) is 0 Å². The Morgan fingerprint density at radius 1 is 1.10 bits per heavy atom. The van der Waals surface area contributed by atoms with E-state index in [0.717, 1.165) is 5.56 Å². The summed E-state index contributed by atoms with van der Waals surface area (Å²) in [5.74, 6) is -0.406. The number of halogens is 1. The van der Waals surface area contributed by atoms with Crippen LogP contribution in [0.2, 0.25) is 0 Å². The molecular weight excluding hydrogens is 267 g/mol. The lowest BCUT2D eigenvalue weighted by atomic mass is 10.1. The van der Waals surface area contributed by atoms with Crippen molar-refractivity contribution in [2.75, 3.05) is 11.9 Å². The van der Waals surface area contributed by atoms with Crippen LogP contribution in [-0.4, -0.2) is 12.5 Å². The summed E-state index contributed by atoms with van der Waals surface area (Å²) in [7, 11) is 0. The van der Waals surface area contributed by atoms with E-state index in [9.17, 15) is 9.18 Å². The molecule has 2 rings (SSSR count). The number of anilines is 1. The van der Waals surface area contributed by atoms with Crippen LogP contribution in [0.4, 0.5) is 10.1 Å². The lowest BCUT2D eigenvalue weighted by Crippen LogP contribution is -2.29. The minimum atomic E-state index is -0.278. The van der Waals surface area contributed by atoms with Gasteiger partial charge < -0.3 is 10.6 Å². The molecule has 0 saturated heterocycles. The third-order valence-corrected chi connectivity index (χ3v) is 3.24. The van der Waals surface area contributed by atoms with Crippen LogP contribution < -0.4 is 10.6 Å². The maximum absolute atomic E-state index is 13.4. The molecule has 110 valence electrons. The van der Waals surface area contributed by atoms with Gasteiger partial charge in [-0.15, -0.1) is 0 Å². The first-order chi connectivity index (χ1) is 10.0. The van der Waals surface area contributed by atoms with Gasteiger partial charge in [0.05, 0.1) is 6.54 Å². The molecule has 0 bridgehead atoms. The fraction of sp³-hybridized carbons (Fsp3) is 0.235. The lowest BCUT2D eigenvalue weighted by molar-refractivity contribution is -0.119. The second-order valence-corrected chi connectivity index (χ2v) is 5.08. The molecule has 0 atom stereocenters. The van der Waals surface area contributed by atoms with Gasteiger partial charge in [0, 0.05) is 12.2 Å². The summed E-state index contributed by atoms with van der Waals surface area (Å²) in [6.07, 6.45) is 0. The van der Waals surface area contributed by atoms with Gasteiger partial charge in [0.1, 0.15) is 5.82 Å². The highest BCUT2D eigenvalue weighted by atomic mass is 19.1. The third-order valence-electron chi connectivity index (χ3n) is 3.24. The highest BCUT2D eigenvalue weighted by molar-refractivity contribution is 5.80. The second kappa shape index (κ2) is 6.88. The number of aryl methyl sites for hydroxylation is 2. The molecule has 0 spiro atoms. The van der Waals surface area contributed by atoms with E-state index in [-0.39, 0.29) is 18.3 Å². The van der Waals surface area contributed by atoms with Crippen LogP contribution in [0.3, 0.4) is 0 Å². The van der Waals surface area contributed by atoms with E-state index in [1.807, 2.05) is 31.2 Å². The summed E-state index contributed by atoms with van der Waals surface area (Å²) in [6.45, 7) is 4.33. The molecule has 0 unspecified atom stereocenters. The Labute approximate surface area is 124 Å². The van der Waals surface area contributed by atoms with Crippen LogP contribution in [0.1, 0.15) is 16.7 Å². The Morgan fingerprint density at radius 2 is 1.81 bits per heavy atom. The summed E-state index contributed by atoms with van der Waals surface area (Å²) in [5.41, 5.74) is 3.43. The van der Waals surface area contributed by atoms with Crippen molar-refractivity contribution in [1.29, 1.82) is 0 Å². The molecule has 4 heteroatoms. The highest BCUT2D eigenvalue weighted by Crippen LogP contribution is 2.13. The summed E-state index contributed by atoms with van der Waals surface area (Å²) >= 11 is 0. The van der Waals surface area contributed by atoms with Gasteiger partial charge in [-0.3, -0.25) is 4.79 Å². The SMILES string of the molecule is Cc1ccc(CNC(=O)CNc2ccc(C)c(F)c2)cc1. The molecule has 0 radical (unpaired) electrons. The Bertz CT molecular complexity index is 623. The number of amides is 1. The molecule has 0 aliphatic heterocycles. The van der Waals surface area contributed by atoms with Crippen LogP contribution >= 0.6 is 0 Å². The number of rotatable bonds is 5. The first kappa shape index (κ1) is 15.0. The average molecular weight is 286 g/mol. The number of benzene rings is 2. The minimum absolute atomic E-state index is 0.119. The summed E-state index contributed by atoms with van der Waals surface area (Å²) in [5, 5.41) is 5.73. The van der Waals surface area contributed by atoms with Gasteiger partial charge in [-0.2, -0.15) is 0 Å². The molecule has 0 aliphatic rings. The lowest BCUT2D eigenvalue weighted by Gasteiger charge is -2.09. The van der Waals surface area contributed by atoms with E-state index < -0.39 is 0 Å². The zero-order valence-corrected chi connectivity index (χ0v) is 12.2. The monoisotopic (exact) mass is 286 g/mol. The fourth-order valence-electron chi connectivity index (χ4n) is 1.85. The van der Waals surface area contributed by atoms with Crippen LogP contribution in [0.15, 0.2) is 42.5 Å². The molecule has 0 saturated carbocycles. The maximum atomic E-state index is 13.4. The largest absolute Gasteiger partial charge is 0.376 e. The van der Waals surface area contributed by atoms with Gasteiger partial charge in [-0.05, 0) is 37.1 Å². The van der Waals surface area contributed by atoms with E-state index in [1.165, 1.54) is 11.6 Å². The quantitative estimate of drug-likeness (QED) is 0.886. The minimum Gasteiger partial charge on any atom is -0.376 e. The zero-order chi connectivity index (χ0) is 15.2. The van der Waals surface area contributed by atoms with Crippen molar-refractivity contribution in [2.24, 2.45) is 0 Å². The number of carbonyl (C=O) groups excluding carboxylic acids is 1. The predicted octanol–water partition coefficient (Wildman–Crippen LogP) is 3.17. The molecular formula is C17H19FN2O. The summed E-state index contributed by atoms with van der Waals surface area (Å²) < 4.78 is 13.4. The molecule has 2 N–H and O–H groups in total. The first-order valence-electron chi connectivity index (χ1n) is 6.87. The predicted molar refractivity (Wildman–Crippen MR) is 82.7 cm³/mol. The van der Waals surface area contributed by atoms with Gasteiger partial charge in [0.2, 0.25) is 5.91 Å². The van der Waals surface area contributed by atoms with Gasteiger partial charge in [0.25, 0.3) is 0 Å². The van der Waals surface area contributed by atoms with Crippen molar-refractivity contribution >= 4 is 11.6 Å². The van der Waals surface area contributed by atoms with Crippen molar-refractivity contribution in [1.82, 2.24) is 5.32 Å². The van der Waals surface area contributed by atoms with Gasteiger partial charge >= 0.3 is 0 Å². The Kier molecular flexibility index (Phi) is 4.93. The van der Waals surface area contributed by atoms with Gasteiger partial charge in [0.15, 0.2) is 0 Å². The Balaban J connectivity index is 1.79. The van der Waals surface area contributed by atoms with E-state index in [2.05, 4.69) is 10.6 Å². The second-order valence-electron chi connectivity index (χ2n) is 5.08. The summed E-state index contributed by atoms with van der Waals surface area (Å²) in [4.78, 5) is 11.7. The van der Waals surface area contributed by atoms with Crippen LogP contribution in [0.25, 0.3) is 0 Å². The van der Waals surface area contributed by atoms with Crippen molar-refractivity contribution in [3.8, 4) is 0 Å². The zero-order valence-electron chi connectivity index (χ0n) is 12.2. The molecule has 0 aliphatic carbocycles. The number of nitrogens with one attached hydrogen (secondary N) is 2. The fourth-order valence-corrected chi connectivity index (χ4v) is 1.85. The first-order valence-corrected chi connectivity index (χ1v) is 6.87. The van der Waals surface area contributed by atoms with Gasteiger partial charge in [-0.25, -0.2) is 4.39 Å². The standard InChI is InChI=1S/C17H19FN2O/c1-12-3-6-14(7-4-12)10-20-17(21)11-19-15-8-5-13(2)16(18)9-15/h3-9,19H,10-11H2,1-2H3,(H,20,21). The molecule has 0 heterocycles. The topological polar surface area (TPSA) is 41.1 Å². The van der Waals surface area contributed by atoms with E-state index in [4.69, 9.17) is 0 Å². The Morgan fingerprint density at radius 3 is 2.48 bits per heavy atom. The van der Waals surface area contributed by atoms with Crippen molar-refractivity contribution in [3.63, 3.8) is 0 Å². The van der Waals surface area contributed by atoms with E-state index >= 15 is 0 Å². The number of carbonyl (C=O) groups is 1. The average Bonchev–Trinajstić information content (AvgIpc) is 2.48. The van der Waals surface area contributed by atoms with E-state index in [1.54, 1.807) is 19.1 Å². The molecule has 2 aromatic carbocycles. The van der Waals surface area contributed by atoms with Crippen molar-refractivity contribution in [3.05, 3.63) is 65.0 Å². The van der Waals surface area contributed by atoms with Crippen molar-refractivity contribution < 1.29 is 9.18 Å². The van der Waals surface area contributed by atoms with Gasteiger partial charge in [-0.1, -0.05) is 35.9 Å². The molecule has 3 nitrogen and oxygen atoms in total. The van der Waals surface area contributed by atoms with Crippen LogP contribution in [-0.2, 0) is 11.3 Å². The third kappa shape index (κ3) is 4.60. The molecule has 1 amide bonds. The van der Waals surface area contributed by atoms with E-state index in [0.29, 0.717) is 17.8 Å². The molecule has 2 aromatic rings. The smallest absolute Gasteiger partial charge is 0.239 e. The molecule has 0 aromatic heterocycles. The Hall–Kier alpha value is -2.36. The molecule has 21 heavy (non-hydrogen) atoms.